The number of carbonyl (C=O) groups excluding carboxylic acids is 1. The van der Waals surface area contributed by atoms with E-state index in [1.54, 1.807) is 18.5 Å². The average Bonchev–Trinajstić information content (AvgIpc) is 2.39. The predicted octanol–water partition coefficient (Wildman–Crippen LogP) is 3.35. The quantitative estimate of drug-likeness (QED) is 0.770. The summed E-state index contributed by atoms with van der Waals surface area (Å²) in [7, 11) is 0. The summed E-state index contributed by atoms with van der Waals surface area (Å²) in [5.74, 6) is 0.621. The van der Waals surface area contributed by atoms with E-state index in [0.717, 1.165) is 17.4 Å². The van der Waals surface area contributed by atoms with Crippen LogP contribution in [0.25, 0.3) is 11.1 Å². The van der Waals surface area contributed by atoms with Crippen molar-refractivity contribution in [3.8, 4) is 16.9 Å². The molecule has 2 rings (SSSR count). The largest absolute Gasteiger partial charge is 0.490 e. The first-order valence-electron chi connectivity index (χ1n) is 5.87. The van der Waals surface area contributed by atoms with Gasteiger partial charge in [-0.25, -0.2) is 0 Å². The molecule has 0 atom stereocenters. The van der Waals surface area contributed by atoms with E-state index in [1.165, 1.54) is 0 Å². The fraction of sp³-hybridized carbons (Fsp3) is 0.200. The molecule has 3 heteroatoms. The van der Waals surface area contributed by atoms with E-state index in [0.29, 0.717) is 11.3 Å². The van der Waals surface area contributed by atoms with Gasteiger partial charge in [0.05, 0.1) is 11.7 Å². The summed E-state index contributed by atoms with van der Waals surface area (Å²) < 4.78 is 5.76. The Labute approximate surface area is 106 Å². The fourth-order valence-electron chi connectivity index (χ4n) is 1.76. The highest BCUT2D eigenvalue weighted by atomic mass is 16.5. The number of nitrogens with zero attached hydrogens (tertiary/aromatic N) is 1. The van der Waals surface area contributed by atoms with Crippen LogP contribution in [0.15, 0.2) is 42.7 Å². The lowest BCUT2D eigenvalue weighted by atomic mass is 10.0. The van der Waals surface area contributed by atoms with Crippen molar-refractivity contribution in [2.75, 3.05) is 0 Å². The van der Waals surface area contributed by atoms with E-state index in [2.05, 4.69) is 4.98 Å². The number of aromatic nitrogens is 1. The molecule has 0 aliphatic heterocycles. The van der Waals surface area contributed by atoms with Gasteiger partial charge >= 0.3 is 0 Å². The summed E-state index contributed by atoms with van der Waals surface area (Å²) in [5.41, 5.74) is 2.39. The van der Waals surface area contributed by atoms with Crippen molar-refractivity contribution in [2.45, 2.75) is 20.0 Å². The highest BCUT2D eigenvalue weighted by Gasteiger charge is 2.12. The minimum atomic E-state index is 0.0153. The first kappa shape index (κ1) is 12.3. The van der Waals surface area contributed by atoms with Gasteiger partial charge in [0.1, 0.15) is 5.75 Å². The van der Waals surface area contributed by atoms with E-state index >= 15 is 0 Å². The minimum Gasteiger partial charge on any atom is -0.490 e. The maximum Gasteiger partial charge on any atom is 0.153 e. The van der Waals surface area contributed by atoms with Gasteiger partial charge in [-0.2, -0.15) is 0 Å². The second kappa shape index (κ2) is 5.45. The molecule has 0 radical (unpaired) electrons. The third-order valence-electron chi connectivity index (χ3n) is 2.50. The van der Waals surface area contributed by atoms with Crippen molar-refractivity contribution in [3.05, 3.63) is 48.3 Å². The van der Waals surface area contributed by atoms with Gasteiger partial charge in [0.2, 0.25) is 0 Å². The number of ether oxygens (including phenoxy) is 1. The second-order valence-corrected chi connectivity index (χ2v) is 4.25. The summed E-state index contributed by atoms with van der Waals surface area (Å²) in [6, 6.07) is 9.34. The van der Waals surface area contributed by atoms with E-state index < -0.39 is 0 Å². The topological polar surface area (TPSA) is 39.2 Å². The van der Waals surface area contributed by atoms with Crippen LogP contribution in [0.3, 0.4) is 0 Å². The number of pyridine rings is 1. The van der Waals surface area contributed by atoms with Crippen molar-refractivity contribution in [2.24, 2.45) is 0 Å². The second-order valence-electron chi connectivity index (χ2n) is 4.25. The van der Waals surface area contributed by atoms with Crippen LogP contribution in [-0.2, 0) is 0 Å². The molecule has 2 aromatic rings. The van der Waals surface area contributed by atoms with Crippen LogP contribution in [0.1, 0.15) is 24.2 Å². The van der Waals surface area contributed by atoms with Gasteiger partial charge in [0.25, 0.3) is 0 Å². The summed E-state index contributed by atoms with van der Waals surface area (Å²) in [6.07, 6.45) is 4.31. The van der Waals surface area contributed by atoms with Crippen molar-refractivity contribution in [1.29, 1.82) is 0 Å². The molecule has 3 nitrogen and oxygen atoms in total. The van der Waals surface area contributed by atoms with Crippen LogP contribution in [0, 0.1) is 0 Å². The molecule has 0 saturated carbocycles. The smallest absolute Gasteiger partial charge is 0.153 e. The Hall–Kier alpha value is -2.16. The van der Waals surface area contributed by atoms with Crippen LogP contribution < -0.4 is 4.74 Å². The molecule has 0 aliphatic carbocycles. The van der Waals surface area contributed by atoms with E-state index in [9.17, 15) is 4.79 Å². The number of aldehydes is 1. The Morgan fingerprint density at radius 2 is 2.06 bits per heavy atom. The Morgan fingerprint density at radius 1 is 1.22 bits per heavy atom. The normalized spacial score (nSPS) is 10.4. The van der Waals surface area contributed by atoms with Crippen molar-refractivity contribution in [1.82, 2.24) is 4.98 Å². The molecule has 18 heavy (non-hydrogen) atoms. The van der Waals surface area contributed by atoms with Crippen LogP contribution in [0.5, 0.6) is 5.75 Å². The number of benzene rings is 1. The van der Waals surface area contributed by atoms with Crippen molar-refractivity contribution in [3.63, 3.8) is 0 Å². The standard InChI is InChI=1S/C15H15NO2/c1-11(2)18-15-13(10-17)5-3-7-14(15)12-6-4-8-16-9-12/h3-11H,1-2H3. The van der Waals surface area contributed by atoms with Gasteiger partial charge in [-0.15, -0.1) is 0 Å². The molecular weight excluding hydrogens is 226 g/mol. The molecule has 1 heterocycles. The molecule has 92 valence electrons. The third-order valence-corrected chi connectivity index (χ3v) is 2.50. The van der Waals surface area contributed by atoms with Crippen LogP contribution in [0.2, 0.25) is 0 Å². The van der Waals surface area contributed by atoms with Gasteiger partial charge in [0, 0.05) is 23.5 Å². The number of carbonyl (C=O) groups is 1. The van der Waals surface area contributed by atoms with E-state index in [-0.39, 0.29) is 6.10 Å². The zero-order valence-corrected chi connectivity index (χ0v) is 10.5. The molecule has 1 aromatic carbocycles. The summed E-state index contributed by atoms with van der Waals surface area (Å²) in [5, 5.41) is 0. The SMILES string of the molecule is CC(C)Oc1c(C=O)cccc1-c1cccnc1. The summed E-state index contributed by atoms with van der Waals surface area (Å²) in [6.45, 7) is 3.88. The molecule has 0 N–H and O–H groups in total. The molecule has 0 bridgehead atoms. The van der Waals surface area contributed by atoms with Crippen molar-refractivity contribution < 1.29 is 9.53 Å². The number of para-hydroxylation sites is 1. The van der Waals surface area contributed by atoms with Gasteiger partial charge in [-0.3, -0.25) is 9.78 Å². The monoisotopic (exact) mass is 241 g/mol. The lowest BCUT2D eigenvalue weighted by molar-refractivity contribution is 0.111. The van der Waals surface area contributed by atoms with Gasteiger partial charge in [0.15, 0.2) is 6.29 Å². The lowest BCUT2D eigenvalue weighted by Crippen LogP contribution is -2.08. The molecule has 0 spiro atoms. The van der Waals surface area contributed by atoms with Gasteiger partial charge in [-0.05, 0) is 26.0 Å². The first-order chi connectivity index (χ1) is 8.72. The molecule has 1 aromatic heterocycles. The van der Waals surface area contributed by atoms with E-state index in [1.807, 2.05) is 38.1 Å². The number of hydrogen-bond acceptors (Lipinski definition) is 3. The number of rotatable bonds is 4. The molecule has 0 saturated heterocycles. The molecule has 0 unspecified atom stereocenters. The molecule has 0 aliphatic rings. The lowest BCUT2D eigenvalue weighted by Gasteiger charge is -2.16. The third kappa shape index (κ3) is 2.56. The zero-order chi connectivity index (χ0) is 13.0. The van der Waals surface area contributed by atoms with Crippen LogP contribution in [0.4, 0.5) is 0 Å². The Kier molecular flexibility index (Phi) is 3.72. The molecule has 0 amide bonds. The maximum absolute atomic E-state index is 11.1. The maximum atomic E-state index is 11.1. The minimum absolute atomic E-state index is 0.0153. The molecular formula is C15H15NO2. The first-order valence-corrected chi connectivity index (χ1v) is 5.87. The zero-order valence-electron chi connectivity index (χ0n) is 10.5. The average molecular weight is 241 g/mol. The van der Waals surface area contributed by atoms with E-state index in [4.69, 9.17) is 4.74 Å². The number of hydrogen-bond donors (Lipinski definition) is 0. The van der Waals surface area contributed by atoms with Crippen LogP contribution >= 0.6 is 0 Å². The van der Waals surface area contributed by atoms with Crippen molar-refractivity contribution >= 4 is 6.29 Å². The Balaban J connectivity index is 2.56. The van der Waals surface area contributed by atoms with Gasteiger partial charge < -0.3 is 4.74 Å². The van der Waals surface area contributed by atoms with Crippen LogP contribution in [-0.4, -0.2) is 17.4 Å². The summed E-state index contributed by atoms with van der Waals surface area (Å²) >= 11 is 0. The molecule has 0 fully saturated rings. The van der Waals surface area contributed by atoms with Gasteiger partial charge in [-0.1, -0.05) is 18.2 Å². The fourth-order valence-corrected chi connectivity index (χ4v) is 1.76. The Morgan fingerprint density at radius 3 is 2.67 bits per heavy atom. The summed E-state index contributed by atoms with van der Waals surface area (Å²) in [4.78, 5) is 15.2. The predicted molar refractivity (Wildman–Crippen MR) is 70.8 cm³/mol. The Bertz CT molecular complexity index is 535. The highest BCUT2D eigenvalue weighted by Crippen LogP contribution is 2.32. The highest BCUT2D eigenvalue weighted by molar-refractivity contribution is 5.85.